The van der Waals surface area contributed by atoms with Crippen molar-refractivity contribution in [1.29, 1.82) is 0 Å². The average Bonchev–Trinajstić information content (AvgIpc) is 2.52. The van der Waals surface area contributed by atoms with Gasteiger partial charge in [0.25, 0.3) is 0 Å². The maximum absolute atomic E-state index is 8.69. The Bertz CT molecular complexity index is 239. The molecule has 0 saturated heterocycles. The molecule has 0 aliphatic carbocycles. The molecule has 0 amide bonds. The van der Waals surface area contributed by atoms with Gasteiger partial charge in [0.15, 0.2) is 0 Å². The molecule has 1 aromatic heterocycles. The van der Waals surface area contributed by atoms with E-state index in [1.165, 1.54) is 9.75 Å². The predicted molar refractivity (Wildman–Crippen MR) is 59.6 cm³/mol. The van der Waals surface area contributed by atoms with E-state index < -0.39 is 0 Å². The van der Waals surface area contributed by atoms with E-state index in [0.717, 1.165) is 6.42 Å². The zero-order chi connectivity index (χ0) is 8.97. The first-order valence-corrected chi connectivity index (χ1v) is 5.04. The van der Waals surface area contributed by atoms with E-state index in [1.54, 1.807) is 11.3 Å². The van der Waals surface area contributed by atoms with E-state index in [0.29, 0.717) is 6.42 Å². The smallest absolute Gasteiger partial charge is 0.0449 e. The second kappa shape index (κ2) is 6.38. The molecule has 2 nitrogen and oxygen atoms in total. The summed E-state index contributed by atoms with van der Waals surface area (Å²) in [7, 11) is 0. The molecule has 0 unspecified atom stereocenters. The molecule has 0 aliphatic heterocycles. The van der Waals surface area contributed by atoms with Crippen molar-refractivity contribution in [3.63, 3.8) is 0 Å². The van der Waals surface area contributed by atoms with Gasteiger partial charge in [-0.2, -0.15) is 0 Å². The first kappa shape index (κ1) is 12.9. The van der Waals surface area contributed by atoms with Crippen molar-refractivity contribution in [1.82, 2.24) is 0 Å². The predicted octanol–water partition coefficient (Wildman–Crippen LogP) is 2.11. The third-order valence-corrected chi connectivity index (χ3v) is 3.20. The van der Waals surface area contributed by atoms with Crippen LogP contribution in [-0.4, -0.2) is 11.7 Å². The van der Waals surface area contributed by atoms with Gasteiger partial charge in [-0.3, -0.25) is 0 Å². The van der Waals surface area contributed by atoms with Crippen molar-refractivity contribution < 1.29 is 5.11 Å². The number of aliphatic hydroxyl groups is 1. The Balaban J connectivity index is 0.00000144. The molecule has 0 aliphatic rings. The van der Waals surface area contributed by atoms with Crippen LogP contribution in [0.3, 0.4) is 0 Å². The van der Waals surface area contributed by atoms with Crippen LogP contribution in [0.15, 0.2) is 12.1 Å². The van der Waals surface area contributed by atoms with E-state index in [1.807, 2.05) is 0 Å². The molecule has 0 radical (unpaired) electrons. The molecule has 0 bridgehead atoms. The molecule has 0 saturated carbocycles. The number of aryl methyl sites for hydroxylation is 1. The minimum Gasteiger partial charge on any atom is -0.396 e. The van der Waals surface area contributed by atoms with Gasteiger partial charge in [-0.05, 0) is 25.0 Å². The van der Waals surface area contributed by atoms with Gasteiger partial charge in [-0.25, -0.2) is 0 Å². The number of hydrogen-bond donors (Lipinski definition) is 2. The van der Waals surface area contributed by atoms with Crippen LogP contribution in [0.2, 0.25) is 0 Å². The molecule has 0 fully saturated rings. The Labute approximate surface area is 89.2 Å². The van der Waals surface area contributed by atoms with Gasteiger partial charge < -0.3 is 10.8 Å². The molecule has 1 heterocycles. The molecule has 0 spiro atoms. The summed E-state index contributed by atoms with van der Waals surface area (Å²) in [5.74, 6) is 0. The molecule has 1 aromatic rings. The second-order valence-electron chi connectivity index (χ2n) is 2.78. The van der Waals surface area contributed by atoms with Gasteiger partial charge in [0, 0.05) is 22.4 Å². The monoisotopic (exact) mass is 221 g/mol. The van der Waals surface area contributed by atoms with Crippen molar-refractivity contribution in [3.8, 4) is 0 Å². The molecule has 0 aromatic carbocycles. The first-order valence-electron chi connectivity index (χ1n) is 4.23. The molecule has 1 rings (SSSR count). The lowest BCUT2D eigenvalue weighted by atomic mass is 10.2. The highest BCUT2D eigenvalue weighted by atomic mass is 35.5. The zero-order valence-electron chi connectivity index (χ0n) is 7.69. The van der Waals surface area contributed by atoms with Gasteiger partial charge >= 0.3 is 0 Å². The summed E-state index contributed by atoms with van der Waals surface area (Å²) in [5.41, 5.74) is 5.82. The number of halogens is 1. The normalized spacial score (nSPS) is 12.2. The maximum Gasteiger partial charge on any atom is 0.0449 e. The van der Waals surface area contributed by atoms with Crippen LogP contribution in [-0.2, 0) is 6.42 Å². The van der Waals surface area contributed by atoms with Crippen LogP contribution < -0.4 is 5.73 Å². The van der Waals surface area contributed by atoms with Crippen molar-refractivity contribution >= 4 is 23.7 Å². The quantitative estimate of drug-likeness (QED) is 0.818. The highest BCUT2D eigenvalue weighted by molar-refractivity contribution is 7.12. The summed E-state index contributed by atoms with van der Waals surface area (Å²) in [4.78, 5) is 2.54. The van der Waals surface area contributed by atoms with Crippen LogP contribution in [0.4, 0.5) is 0 Å². The van der Waals surface area contributed by atoms with E-state index in [-0.39, 0.29) is 25.1 Å². The van der Waals surface area contributed by atoms with Crippen molar-refractivity contribution in [2.75, 3.05) is 6.61 Å². The van der Waals surface area contributed by atoms with Crippen LogP contribution in [0.25, 0.3) is 0 Å². The fraction of sp³-hybridized carbons (Fsp3) is 0.556. The molecule has 13 heavy (non-hydrogen) atoms. The Kier molecular flexibility index (Phi) is 6.33. The topological polar surface area (TPSA) is 46.2 Å². The summed E-state index contributed by atoms with van der Waals surface area (Å²) in [5, 5.41) is 8.69. The lowest BCUT2D eigenvalue weighted by Gasteiger charge is -2.05. The minimum absolute atomic E-state index is 0. The minimum atomic E-state index is 0. The van der Waals surface area contributed by atoms with Crippen molar-refractivity contribution in [2.45, 2.75) is 25.8 Å². The molecule has 3 N–H and O–H groups in total. The number of thiophene rings is 1. The lowest BCUT2D eigenvalue weighted by Crippen LogP contribution is -2.09. The Morgan fingerprint density at radius 3 is 2.69 bits per heavy atom. The van der Waals surface area contributed by atoms with Crippen LogP contribution in [0, 0.1) is 0 Å². The van der Waals surface area contributed by atoms with Crippen molar-refractivity contribution in [3.05, 3.63) is 21.9 Å². The molecule has 76 valence electrons. The highest BCUT2D eigenvalue weighted by Gasteiger charge is 2.07. The Morgan fingerprint density at radius 2 is 2.23 bits per heavy atom. The van der Waals surface area contributed by atoms with Gasteiger partial charge in [0.1, 0.15) is 0 Å². The number of aliphatic hydroxyl groups excluding tert-OH is 1. The van der Waals surface area contributed by atoms with Crippen LogP contribution >= 0.6 is 23.7 Å². The Morgan fingerprint density at radius 1 is 1.54 bits per heavy atom. The molecule has 4 heteroatoms. The summed E-state index contributed by atoms with van der Waals surface area (Å²) in [6.45, 7) is 2.30. The second-order valence-corrected chi connectivity index (χ2v) is 3.98. The standard InChI is InChI=1S/C9H15NOS.ClH/c1-2-7-3-4-9(12-7)8(10)5-6-11;/h3-4,8,11H,2,5-6,10H2,1H3;1H/t8-;/m0./s1. The summed E-state index contributed by atoms with van der Waals surface area (Å²) >= 11 is 1.74. The SMILES string of the molecule is CCc1ccc([C@@H](N)CCO)s1.Cl. The van der Waals surface area contributed by atoms with Gasteiger partial charge in [0.2, 0.25) is 0 Å². The molecular formula is C9H16ClNOS. The fourth-order valence-corrected chi connectivity index (χ4v) is 2.05. The highest BCUT2D eigenvalue weighted by Crippen LogP contribution is 2.23. The fourth-order valence-electron chi connectivity index (χ4n) is 1.07. The summed E-state index contributed by atoms with van der Waals surface area (Å²) in [6, 6.07) is 4.18. The third-order valence-electron chi connectivity index (χ3n) is 1.84. The van der Waals surface area contributed by atoms with E-state index in [9.17, 15) is 0 Å². The van der Waals surface area contributed by atoms with Gasteiger partial charge in [-0.15, -0.1) is 23.7 Å². The number of rotatable bonds is 4. The maximum atomic E-state index is 8.69. The van der Waals surface area contributed by atoms with Gasteiger partial charge in [0.05, 0.1) is 0 Å². The van der Waals surface area contributed by atoms with E-state index >= 15 is 0 Å². The molecule has 1 atom stereocenters. The average molecular weight is 222 g/mol. The first-order chi connectivity index (χ1) is 5.77. The molecular weight excluding hydrogens is 206 g/mol. The van der Waals surface area contributed by atoms with E-state index in [2.05, 4.69) is 19.1 Å². The van der Waals surface area contributed by atoms with Crippen LogP contribution in [0.5, 0.6) is 0 Å². The zero-order valence-corrected chi connectivity index (χ0v) is 9.33. The van der Waals surface area contributed by atoms with Crippen molar-refractivity contribution in [2.24, 2.45) is 5.73 Å². The number of hydrogen-bond acceptors (Lipinski definition) is 3. The largest absolute Gasteiger partial charge is 0.396 e. The number of nitrogens with two attached hydrogens (primary N) is 1. The van der Waals surface area contributed by atoms with E-state index in [4.69, 9.17) is 10.8 Å². The van der Waals surface area contributed by atoms with Gasteiger partial charge in [-0.1, -0.05) is 6.92 Å². The van der Waals surface area contributed by atoms with Crippen LogP contribution in [0.1, 0.15) is 29.1 Å². The lowest BCUT2D eigenvalue weighted by molar-refractivity contribution is 0.277. The summed E-state index contributed by atoms with van der Waals surface area (Å²) < 4.78 is 0. The Hall–Kier alpha value is -0.0900. The summed E-state index contributed by atoms with van der Waals surface area (Å²) in [6.07, 6.45) is 1.72. The third kappa shape index (κ3) is 3.65.